The molecule has 1 amide bonds. The van der Waals surface area contributed by atoms with Gasteiger partial charge in [0.05, 0.1) is 17.1 Å². The standard InChI is InChI=1S/C14H14F3N3O4S/c1-3-24-9-4-6-10(7-5-9)25(22,23)19-13(21)11-8-20(2)18-12(11)14(15,16)17/h4-8H,3H2,1-2H3,(H,19,21). The Morgan fingerprint density at radius 2 is 1.88 bits per heavy atom. The number of benzene rings is 1. The van der Waals surface area contributed by atoms with Crippen LogP contribution in [-0.2, 0) is 23.2 Å². The SMILES string of the molecule is CCOc1ccc(S(=O)(=O)NC(=O)c2cn(C)nc2C(F)(F)F)cc1. The second-order valence-electron chi connectivity index (χ2n) is 4.90. The van der Waals surface area contributed by atoms with Gasteiger partial charge in [-0.2, -0.15) is 18.3 Å². The quantitative estimate of drug-likeness (QED) is 0.860. The molecule has 1 aromatic heterocycles. The van der Waals surface area contributed by atoms with Crippen LogP contribution in [0.3, 0.4) is 0 Å². The molecule has 0 aliphatic carbocycles. The Balaban J connectivity index is 2.28. The van der Waals surface area contributed by atoms with Gasteiger partial charge in [0.15, 0.2) is 5.69 Å². The van der Waals surface area contributed by atoms with Crippen molar-refractivity contribution in [2.45, 2.75) is 18.0 Å². The van der Waals surface area contributed by atoms with Gasteiger partial charge in [-0.3, -0.25) is 9.48 Å². The Morgan fingerprint density at radius 3 is 2.40 bits per heavy atom. The molecule has 1 aromatic carbocycles. The summed E-state index contributed by atoms with van der Waals surface area (Å²) in [4.78, 5) is 11.7. The Kier molecular flexibility index (Phi) is 5.07. The van der Waals surface area contributed by atoms with Gasteiger partial charge in [-0.25, -0.2) is 13.1 Å². The Morgan fingerprint density at radius 1 is 1.28 bits per heavy atom. The molecule has 0 saturated heterocycles. The molecular formula is C14H14F3N3O4S. The first-order valence-corrected chi connectivity index (χ1v) is 8.43. The molecule has 0 spiro atoms. The zero-order valence-electron chi connectivity index (χ0n) is 13.2. The lowest BCUT2D eigenvalue weighted by Gasteiger charge is -2.09. The minimum Gasteiger partial charge on any atom is -0.494 e. The number of hydrogen-bond donors (Lipinski definition) is 1. The van der Waals surface area contributed by atoms with Crippen LogP contribution in [0.4, 0.5) is 13.2 Å². The third kappa shape index (κ3) is 4.29. The molecular weight excluding hydrogens is 363 g/mol. The van der Waals surface area contributed by atoms with E-state index in [1.807, 2.05) is 0 Å². The minimum absolute atomic E-state index is 0.290. The molecule has 2 aromatic rings. The normalized spacial score (nSPS) is 12.0. The van der Waals surface area contributed by atoms with Crippen molar-refractivity contribution in [1.29, 1.82) is 0 Å². The molecule has 0 aliphatic heterocycles. The zero-order valence-corrected chi connectivity index (χ0v) is 14.0. The second-order valence-corrected chi connectivity index (χ2v) is 6.58. The van der Waals surface area contributed by atoms with Gasteiger partial charge in [0.2, 0.25) is 0 Å². The largest absolute Gasteiger partial charge is 0.494 e. The number of rotatable bonds is 5. The number of carbonyl (C=O) groups is 1. The molecule has 0 saturated carbocycles. The van der Waals surface area contributed by atoms with Crippen molar-refractivity contribution in [3.05, 3.63) is 41.7 Å². The van der Waals surface area contributed by atoms with Gasteiger partial charge in [0.1, 0.15) is 5.75 Å². The molecule has 1 N–H and O–H groups in total. The molecule has 0 fully saturated rings. The van der Waals surface area contributed by atoms with Crippen LogP contribution in [0.1, 0.15) is 23.0 Å². The molecule has 11 heteroatoms. The molecule has 1 heterocycles. The summed E-state index contributed by atoms with van der Waals surface area (Å²) < 4.78 is 70.5. The number of carbonyl (C=O) groups excluding carboxylic acids is 1. The predicted octanol–water partition coefficient (Wildman–Crippen LogP) is 1.96. The highest BCUT2D eigenvalue weighted by atomic mass is 32.2. The molecule has 0 unspecified atom stereocenters. The molecule has 0 radical (unpaired) electrons. The number of ether oxygens (including phenoxy) is 1. The van der Waals surface area contributed by atoms with Crippen LogP contribution in [0.5, 0.6) is 5.75 Å². The third-order valence-corrected chi connectivity index (χ3v) is 4.36. The summed E-state index contributed by atoms with van der Waals surface area (Å²) in [6.07, 6.45) is -4.09. The van der Waals surface area contributed by atoms with Crippen molar-refractivity contribution < 1.29 is 31.1 Å². The Hall–Kier alpha value is -2.56. The van der Waals surface area contributed by atoms with Gasteiger partial charge in [-0.15, -0.1) is 0 Å². The molecule has 25 heavy (non-hydrogen) atoms. The number of amides is 1. The van der Waals surface area contributed by atoms with Crippen LogP contribution in [0, 0.1) is 0 Å². The van der Waals surface area contributed by atoms with Crippen molar-refractivity contribution in [1.82, 2.24) is 14.5 Å². The lowest BCUT2D eigenvalue weighted by molar-refractivity contribution is -0.141. The molecule has 0 aliphatic rings. The molecule has 7 nitrogen and oxygen atoms in total. The van der Waals surface area contributed by atoms with Crippen LogP contribution in [0.2, 0.25) is 0 Å². The first-order chi connectivity index (χ1) is 11.5. The first-order valence-electron chi connectivity index (χ1n) is 6.95. The summed E-state index contributed by atoms with van der Waals surface area (Å²) in [5.41, 5.74) is -2.35. The fourth-order valence-corrected chi connectivity index (χ4v) is 2.95. The van der Waals surface area contributed by atoms with E-state index in [0.717, 1.165) is 10.9 Å². The maximum atomic E-state index is 12.9. The number of alkyl halides is 3. The van der Waals surface area contributed by atoms with E-state index in [2.05, 4.69) is 5.10 Å². The molecule has 0 atom stereocenters. The van der Waals surface area contributed by atoms with Crippen LogP contribution in [-0.4, -0.2) is 30.7 Å². The highest BCUT2D eigenvalue weighted by molar-refractivity contribution is 7.90. The predicted molar refractivity (Wildman–Crippen MR) is 80.5 cm³/mol. The Bertz CT molecular complexity index is 874. The molecule has 2 rings (SSSR count). The average molecular weight is 377 g/mol. The summed E-state index contributed by atoms with van der Waals surface area (Å²) in [5.74, 6) is -1.01. The van der Waals surface area contributed by atoms with Crippen molar-refractivity contribution >= 4 is 15.9 Å². The van der Waals surface area contributed by atoms with Crippen LogP contribution < -0.4 is 9.46 Å². The zero-order chi connectivity index (χ0) is 18.8. The van der Waals surface area contributed by atoms with Crippen LogP contribution in [0.15, 0.2) is 35.4 Å². The maximum absolute atomic E-state index is 12.9. The molecule has 136 valence electrons. The van der Waals surface area contributed by atoms with E-state index >= 15 is 0 Å². The number of halogens is 3. The maximum Gasteiger partial charge on any atom is 0.435 e. The first kappa shape index (κ1) is 18.8. The monoisotopic (exact) mass is 377 g/mol. The van der Waals surface area contributed by atoms with Crippen molar-refractivity contribution in [2.75, 3.05) is 6.61 Å². The summed E-state index contributed by atoms with van der Waals surface area (Å²) in [5, 5.41) is 3.16. The fourth-order valence-electron chi connectivity index (χ4n) is 1.98. The van der Waals surface area contributed by atoms with Gasteiger partial charge in [-0.05, 0) is 31.2 Å². The third-order valence-electron chi connectivity index (χ3n) is 3.01. The second kappa shape index (κ2) is 6.75. The lowest BCUT2D eigenvalue weighted by Crippen LogP contribution is -2.31. The highest BCUT2D eigenvalue weighted by Gasteiger charge is 2.39. The van der Waals surface area contributed by atoms with E-state index in [0.29, 0.717) is 12.4 Å². The summed E-state index contributed by atoms with van der Waals surface area (Å²) in [6.45, 7) is 2.13. The minimum atomic E-state index is -4.89. The number of aryl methyl sites for hydroxylation is 1. The van der Waals surface area contributed by atoms with E-state index in [1.165, 1.54) is 31.3 Å². The topological polar surface area (TPSA) is 90.3 Å². The summed E-state index contributed by atoms with van der Waals surface area (Å²) in [7, 11) is -3.16. The van der Waals surface area contributed by atoms with Crippen molar-refractivity contribution in [3.63, 3.8) is 0 Å². The Labute approximate surface area is 141 Å². The van der Waals surface area contributed by atoms with Gasteiger partial charge >= 0.3 is 6.18 Å². The highest BCUT2D eigenvalue weighted by Crippen LogP contribution is 2.30. The van der Waals surface area contributed by atoms with E-state index in [4.69, 9.17) is 4.74 Å². The van der Waals surface area contributed by atoms with Crippen LogP contribution >= 0.6 is 0 Å². The average Bonchev–Trinajstić information content (AvgIpc) is 2.90. The number of nitrogens with one attached hydrogen (secondary N) is 1. The number of aromatic nitrogens is 2. The van der Waals surface area contributed by atoms with E-state index < -0.39 is 33.4 Å². The molecule has 0 bridgehead atoms. The number of sulfonamides is 1. The van der Waals surface area contributed by atoms with Gasteiger partial charge in [0, 0.05) is 13.2 Å². The summed E-state index contributed by atoms with van der Waals surface area (Å²) in [6, 6.07) is 5.09. The fraction of sp³-hybridized carbons (Fsp3) is 0.286. The summed E-state index contributed by atoms with van der Waals surface area (Å²) >= 11 is 0. The van der Waals surface area contributed by atoms with Crippen molar-refractivity contribution in [3.8, 4) is 5.75 Å². The lowest BCUT2D eigenvalue weighted by atomic mass is 10.2. The van der Waals surface area contributed by atoms with Gasteiger partial charge < -0.3 is 4.74 Å². The smallest absolute Gasteiger partial charge is 0.435 e. The van der Waals surface area contributed by atoms with Gasteiger partial charge in [-0.1, -0.05) is 0 Å². The number of nitrogens with zero attached hydrogens (tertiary/aromatic N) is 2. The van der Waals surface area contributed by atoms with Gasteiger partial charge in [0.25, 0.3) is 15.9 Å². The van der Waals surface area contributed by atoms with E-state index in [1.54, 1.807) is 11.6 Å². The van der Waals surface area contributed by atoms with Crippen LogP contribution in [0.25, 0.3) is 0 Å². The van der Waals surface area contributed by atoms with Crippen molar-refractivity contribution in [2.24, 2.45) is 7.05 Å². The van der Waals surface area contributed by atoms with E-state index in [-0.39, 0.29) is 4.90 Å². The van der Waals surface area contributed by atoms with E-state index in [9.17, 15) is 26.4 Å². The number of hydrogen-bond acceptors (Lipinski definition) is 5.